The Morgan fingerprint density at radius 3 is 2.24 bits per heavy atom. The normalized spacial score (nSPS) is 19.2. The first-order valence-electron chi connectivity index (χ1n) is 6.73. The van der Waals surface area contributed by atoms with E-state index in [-0.39, 0.29) is 0 Å². The van der Waals surface area contributed by atoms with Crippen molar-refractivity contribution >= 4 is 5.95 Å². The summed E-state index contributed by atoms with van der Waals surface area (Å²) in [5, 5.41) is 0. The summed E-state index contributed by atoms with van der Waals surface area (Å²) in [4.78, 5) is 11.1. The van der Waals surface area contributed by atoms with E-state index in [1.165, 1.54) is 12.0 Å². The van der Waals surface area contributed by atoms with E-state index in [9.17, 15) is 0 Å². The van der Waals surface area contributed by atoms with Gasteiger partial charge in [0.25, 0.3) is 0 Å². The van der Waals surface area contributed by atoms with Crippen LogP contribution in [0.5, 0.6) is 0 Å². The lowest BCUT2D eigenvalue weighted by molar-refractivity contribution is 0.658. The zero-order valence-electron chi connectivity index (χ0n) is 11.8. The lowest BCUT2D eigenvalue weighted by Gasteiger charge is -2.15. The summed E-state index contributed by atoms with van der Waals surface area (Å²) in [5.74, 6) is 2.18. The molecule has 2 heterocycles. The maximum absolute atomic E-state index is 4.43. The van der Waals surface area contributed by atoms with Crippen LogP contribution in [0.1, 0.15) is 52.5 Å². The van der Waals surface area contributed by atoms with Crippen molar-refractivity contribution in [3.05, 3.63) is 18.0 Å². The molecule has 1 aliphatic rings. The molecule has 1 fully saturated rings. The van der Waals surface area contributed by atoms with Gasteiger partial charge in [-0.25, -0.2) is 9.97 Å². The van der Waals surface area contributed by atoms with Crippen molar-refractivity contribution in [2.45, 2.75) is 47.0 Å². The van der Waals surface area contributed by atoms with Gasteiger partial charge in [0.05, 0.1) is 0 Å². The van der Waals surface area contributed by atoms with Crippen LogP contribution in [0.4, 0.5) is 5.95 Å². The van der Waals surface area contributed by atoms with Gasteiger partial charge in [-0.3, -0.25) is 0 Å². The summed E-state index contributed by atoms with van der Waals surface area (Å²) in [5.41, 5.74) is 1.21. The molecule has 17 heavy (non-hydrogen) atoms. The lowest BCUT2D eigenvalue weighted by Crippen LogP contribution is -2.21. The van der Waals surface area contributed by atoms with Gasteiger partial charge in [0.15, 0.2) is 0 Å². The number of rotatable bonds is 2. The van der Waals surface area contributed by atoms with E-state index in [4.69, 9.17) is 0 Å². The Bertz CT molecular complexity index is 319. The summed E-state index contributed by atoms with van der Waals surface area (Å²) >= 11 is 0. The summed E-state index contributed by atoms with van der Waals surface area (Å²) in [6.07, 6.45) is 5.17. The van der Waals surface area contributed by atoms with Crippen LogP contribution < -0.4 is 4.90 Å². The van der Waals surface area contributed by atoms with Gasteiger partial charge in [-0.2, -0.15) is 0 Å². The maximum Gasteiger partial charge on any atom is 0.225 e. The van der Waals surface area contributed by atoms with Gasteiger partial charge in [-0.05, 0) is 23.8 Å². The van der Waals surface area contributed by atoms with Crippen LogP contribution in [0.15, 0.2) is 12.4 Å². The zero-order valence-corrected chi connectivity index (χ0v) is 11.8. The van der Waals surface area contributed by atoms with E-state index in [1.54, 1.807) is 0 Å². The van der Waals surface area contributed by atoms with Gasteiger partial charge >= 0.3 is 0 Å². The molecule has 0 saturated carbocycles. The smallest absolute Gasteiger partial charge is 0.225 e. The fraction of sp³-hybridized carbons (Fsp3) is 0.714. The van der Waals surface area contributed by atoms with Gasteiger partial charge in [-0.1, -0.05) is 34.6 Å². The molecule has 2 rings (SSSR count). The lowest BCUT2D eigenvalue weighted by atomic mass is 10.1. The van der Waals surface area contributed by atoms with E-state index in [1.807, 2.05) is 26.2 Å². The van der Waals surface area contributed by atoms with Crippen LogP contribution in [0.25, 0.3) is 0 Å². The van der Waals surface area contributed by atoms with Gasteiger partial charge in [0.1, 0.15) is 0 Å². The minimum atomic E-state index is 0.511. The van der Waals surface area contributed by atoms with Crippen molar-refractivity contribution < 1.29 is 0 Å². The van der Waals surface area contributed by atoms with E-state index < -0.39 is 0 Å². The number of nitrogens with zero attached hydrogens (tertiary/aromatic N) is 3. The fourth-order valence-electron chi connectivity index (χ4n) is 1.91. The third-order valence-electron chi connectivity index (χ3n) is 3.03. The van der Waals surface area contributed by atoms with Crippen LogP contribution in [0, 0.1) is 5.92 Å². The third kappa shape index (κ3) is 3.69. The highest BCUT2D eigenvalue weighted by atomic mass is 15.3. The van der Waals surface area contributed by atoms with Crippen molar-refractivity contribution in [1.29, 1.82) is 0 Å². The van der Waals surface area contributed by atoms with Crippen molar-refractivity contribution in [1.82, 2.24) is 9.97 Å². The second-order valence-corrected chi connectivity index (χ2v) is 4.81. The average Bonchev–Trinajstić information content (AvgIpc) is 2.79. The highest BCUT2D eigenvalue weighted by Crippen LogP contribution is 2.20. The Morgan fingerprint density at radius 2 is 1.82 bits per heavy atom. The van der Waals surface area contributed by atoms with E-state index in [0.29, 0.717) is 5.92 Å². The van der Waals surface area contributed by atoms with Crippen LogP contribution in [0.3, 0.4) is 0 Å². The standard InChI is InChI=1S/C12H19N3.C2H6/c1-9(2)11-6-13-12(14-7-11)15-5-4-10(3)8-15;1-2/h6-7,9-10H,4-5,8H2,1-3H3;1-2H3. The van der Waals surface area contributed by atoms with E-state index in [0.717, 1.165) is 25.0 Å². The summed E-state index contributed by atoms with van der Waals surface area (Å²) in [7, 11) is 0. The molecule has 1 aliphatic heterocycles. The molecule has 1 unspecified atom stereocenters. The quantitative estimate of drug-likeness (QED) is 0.786. The number of hydrogen-bond donors (Lipinski definition) is 0. The third-order valence-corrected chi connectivity index (χ3v) is 3.03. The van der Waals surface area contributed by atoms with Gasteiger partial charge < -0.3 is 4.90 Å². The predicted molar refractivity (Wildman–Crippen MR) is 73.5 cm³/mol. The van der Waals surface area contributed by atoms with E-state index in [2.05, 4.69) is 35.6 Å². The van der Waals surface area contributed by atoms with Crippen LogP contribution >= 0.6 is 0 Å². The minimum absolute atomic E-state index is 0.511. The first-order valence-corrected chi connectivity index (χ1v) is 6.73. The SMILES string of the molecule is CC.CC1CCN(c2ncc(C(C)C)cn2)C1. The molecule has 3 heteroatoms. The number of anilines is 1. The minimum Gasteiger partial charge on any atom is -0.341 e. The summed E-state index contributed by atoms with van der Waals surface area (Å²) in [6, 6.07) is 0. The largest absolute Gasteiger partial charge is 0.341 e. The van der Waals surface area contributed by atoms with Gasteiger partial charge in [0.2, 0.25) is 5.95 Å². The van der Waals surface area contributed by atoms with Crippen molar-refractivity contribution in [3.63, 3.8) is 0 Å². The van der Waals surface area contributed by atoms with Gasteiger partial charge in [0, 0.05) is 25.5 Å². The van der Waals surface area contributed by atoms with E-state index >= 15 is 0 Å². The Labute approximate surface area is 105 Å². The van der Waals surface area contributed by atoms with Crippen molar-refractivity contribution in [2.75, 3.05) is 18.0 Å². The topological polar surface area (TPSA) is 29.0 Å². The summed E-state index contributed by atoms with van der Waals surface area (Å²) in [6.45, 7) is 12.8. The van der Waals surface area contributed by atoms with Crippen LogP contribution in [0.2, 0.25) is 0 Å². The van der Waals surface area contributed by atoms with Crippen LogP contribution in [-0.2, 0) is 0 Å². The second-order valence-electron chi connectivity index (χ2n) is 4.81. The second kappa shape index (κ2) is 6.58. The molecule has 0 bridgehead atoms. The fourth-order valence-corrected chi connectivity index (χ4v) is 1.91. The average molecular weight is 235 g/mol. The Hall–Kier alpha value is -1.12. The molecule has 1 saturated heterocycles. The molecule has 1 atom stereocenters. The monoisotopic (exact) mass is 235 g/mol. The predicted octanol–water partition coefficient (Wildman–Crippen LogP) is 3.47. The Balaban J connectivity index is 0.000000686. The molecule has 3 nitrogen and oxygen atoms in total. The molecule has 0 N–H and O–H groups in total. The number of hydrogen-bond acceptors (Lipinski definition) is 3. The molecule has 96 valence electrons. The molecule has 0 spiro atoms. The molecule has 0 amide bonds. The first kappa shape index (κ1) is 13.9. The highest BCUT2D eigenvalue weighted by molar-refractivity contribution is 5.31. The molecule has 0 aliphatic carbocycles. The molecular formula is C14H25N3. The number of aromatic nitrogens is 2. The highest BCUT2D eigenvalue weighted by Gasteiger charge is 2.20. The molecule has 0 radical (unpaired) electrons. The van der Waals surface area contributed by atoms with Crippen LogP contribution in [-0.4, -0.2) is 23.1 Å². The Kier molecular flexibility index (Phi) is 5.39. The first-order chi connectivity index (χ1) is 8.16. The molecule has 1 aromatic heterocycles. The summed E-state index contributed by atoms with van der Waals surface area (Å²) < 4.78 is 0. The maximum atomic E-state index is 4.43. The van der Waals surface area contributed by atoms with Crippen molar-refractivity contribution in [2.24, 2.45) is 5.92 Å². The Morgan fingerprint density at radius 1 is 1.24 bits per heavy atom. The van der Waals surface area contributed by atoms with Crippen molar-refractivity contribution in [3.8, 4) is 0 Å². The molecule has 0 aromatic carbocycles. The van der Waals surface area contributed by atoms with Gasteiger partial charge in [-0.15, -0.1) is 0 Å². The molecule has 1 aromatic rings. The zero-order chi connectivity index (χ0) is 12.8. The molecular weight excluding hydrogens is 210 g/mol.